The zero-order chi connectivity index (χ0) is 20.7. The molecule has 1 atom stereocenters. The number of anilines is 1. The molecule has 3 heterocycles. The lowest BCUT2D eigenvalue weighted by Gasteiger charge is -2.24. The van der Waals surface area contributed by atoms with Gasteiger partial charge in [0, 0.05) is 17.9 Å². The van der Waals surface area contributed by atoms with Crippen molar-refractivity contribution in [3.63, 3.8) is 0 Å². The Hall–Kier alpha value is -3.45. The summed E-state index contributed by atoms with van der Waals surface area (Å²) < 4.78 is 8.43. The summed E-state index contributed by atoms with van der Waals surface area (Å²) in [5, 5.41) is 8.51. The van der Waals surface area contributed by atoms with Crippen molar-refractivity contribution in [2.75, 3.05) is 11.9 Å². The number of rotatable bonds is 5. The molecule has 150 valence electrons. The van der Waals surface area contributed by atoms with Gasteiger partial charge in [-0.15, -0.1) is 0 Å². The van der Waals surface area contributed by atoms with Gasteiger partial charge in [-0.1, -0.05) is 48.3 Å². The van der Waals surface area contributed by atoms with Crippen LogP contribution in [0.2, 0.25) is 0 Å². The Morgan fingerprint density at radius 2 is 2.07 bits per heavy atom. The molecule has 2 aromatic heterocycles. The first-order valence-electron chi connectivity index (χ1n) is 9.73. The Morgan fingerprint density at radius 1 is 1.27 bits per heavy atom. The van der Waals surface area contributed by atoms with Crippen LogP contribution < -0.4 is 10.1 Å². The van der Waals surface area contributed by atoms with E-state index in [2.05, 4.69) is 11.9 Å². The van der Waals surface area contributed by atoms with Gasteiger partial charge in [0.15, 0.2) is 0 Å². The summed E-state index contributed by atoms with van der Waals surface area (Å²) in [6.07, 6.45) is 2.09. The monoisotopic (exact) mass is 416 g/mol. The van der Waals surface area contributed by atoms with Crippen LogP contribution in [0.15, 0.2) is 61.2 Å². The lowest BCUT2D eigenvalue weighted by molar-refractivity contribution is -0.116. The summed E-state index contributed by atoms with van der Waals surface area (Å²) in [5.74, 6) is 1.40. The third-order valence-electron chi connectivity index (χ3n) is 5.22. The van der Waals surface area contributed by atoms with Crippen LogP contribution in [0.1, 0.15) is 29.2 Å². The van der Waals surface area contributed by atoms with Crippen molar-refractivity contribution >= 4 is 33.3 Å². The summed E-state index contributed by atoms with van der Waals surface area (Å²) in [6, 6.07) is 15.9. The van der Waals surface area contributed by atoms with Gasteiger partial charge in [-0.25, -0.2) is 4.98 Å². The molecule has 1 amide bonds. The first-order valence-corrected chi connectivity index (χ1v) is 10.5. The summed E-state index contributed by atoms with van der Waals surface area (Å²) >= 11 is 1.56. The van der Waals surface area contributed by atoms with Crippen LogP contribution in [0.25, 0.3) is 15.3 Å². The largest absolute Gasteiger partial charge is 0.490 e. The van der Waals surface area contributed by atoms with E-state index in [9.17, 15) is 4.79 Å². The highest BCUT2D eigenvalue weighted by Crippen LogP contribution is 2.41. The first kappa shape index (κ1) is 18.6. The maximum Gasteiger partial charge on any atom is 0.226 e. The van der Waals surface area contributed by atoms with Gasteiger partial charge in [0.25, 0.3) is 0 Å². The molecule has 30 heavy (non-hydrogen) atoms. The number of carbonyl (C=O) groups is 1. The van der Waals surface area contributed by atoms with Gasteiger partial charge in [0.2, 0.25) is 11.0 Å². The lowest BCUT2D eigenvalue weighted by atomic mass is 9.86. The van der Waals surface area contributed by atoms with Crippen molar-refractivity contribution in [2.45, 2.75) is 19.3 Å². The lowest BCUT2D eigenvalue weighted by Crippen LogP contribution is -2.24. The number of benzene rings is 2. The normalized spacial score (nSPS) is 15.6. The molecule has 0 saturated heterocycles. The minimum Gasteiger partial charge on any atom is -0.490 e. The molecule has 0 unspecified atom stereocenters. The third-order valence-corrected chi connectivity index (χ3v) is 6.23. The number of fused-ring (bicyclic) bond motifs is 2. The molecule has 7 heteroatoms. The Morgan fingerprint density at radius 3 is 2.83 bits per heavy atom. The predicted molar refractivity (Wildman–Crippen MR) is 119 cm³/mol. The van der Waals surface area contributed by atoms with Crippen LogP contribution in [0.3, 0.4) is 0 Å². The maximum absolute atomic E-state index is 12.6. The van der Waals surface area contributed by atoms with Crippen LogP contribution >= 0.6 is 11.3 Å². The van der Waals surface area contributed by atoms with E-state index in [4.69, 9.17) is 14.8 Å². The van der Waals surface area contributed by atoms with Gasteiger partial charge in [-0.2, -0.15) is 9.78 Å². The van der Waals surface area contributed by atoms with Crippen molar-refractivity contribution in [3.05, 3.63) is 78.0 Å². The number of aromatic nitrogens is 3. The van der Waals surface area contributed by atoms with E-state index in [0.29, 0.717) is 18.8 Å². The SMILES string of the molecule is C=CCOc1ccc([C@H]2CC(=O)Nc3c2c(C)nn3-c2nc3ccccc3s2)cc1. The summed E-state index contributed by atoms with van der Waals surface area (Å²) in [7, 11) is 0. The van der Waals surface area contributed by atoms with E-state index in [-0.39, 0.29) is 11.8 Å². The molecule has 1 N–H and O–H groups in total. The van der Waals surface area contributed by atoms with Crippen molar-refractivity contribution in [1.29, 1.82) is 0 Å². The number of nitrogens with zero attached hydrogens (tertiary/aromatic N) is 3. The Labute approximate surface area is 177 Å². The summed E-state index contributed by atoms with van der Waals surface area (Å²) in [4.78, 5) is 17.3. The number of aryl methyl sites for hydroxylation is 1. The molecule has 0 bridgehead atoms. The fraction of sp³-hybridized carbons (Fsp3) is 0.174. The zero-order valence-electron chi connectivity index (χ0n) is 16.5. The van der Waals surface area contributed by atoms with Crippen molar-refractivity contribution in [2.24, 2.45) is 0 Å². The van der Waals surface area contributed by atoms with E-state index >= 15 is 0 Å². The number of para-hydroxylation sites is 1. The topological polar surface area (TPSA) is 69.0 Å². The molecule has 0 saturated carbocycles. The molecule has 4 aromatic rings. The number of thiazole rings is 1. The molecule has 0 fully saturated rings. The average Bonchev–Trinajstić information content (AvgIpc) is 3.33. The Kier molecular flexibility index (Phi) is 4.59. The minimum absolute atomic E-state index is 0.0262. The summed E-state index contributed by atoms with van der Waals surface area (Å²) in [6.45, 7) is 6.11. The van der Waals surface area contributed by atoms with Gasteiger partial charge in [0.05, 0.1) is 15.9 Å². The second-order valence-electron chi connectivity index (χ2n) is 7.20. The van der Waals surface area contributed by atoms with Crippen molar-refractivity contribution in [3.8, 4) is 10.9 Å². The number of carbonyl (C=O) groups excluding carboxylic acids is 1. The van der Waals surface area contributed by atoms with Crippen LogP contribution in [-0.4, -0.2) is 27.3 Å². The fourth-order valence-electron chi connectivity index (χ4n) is 3.87. The van der Waals surface area contributed by atoms with Crippen LogP contribution in [0.4, 0.5) is 5.82 Å². The van der Waals surface area contributed by atoms with Gasteiger partial charge in [-0.3, -0.25) is 4.79 Å². The molecule has 6 nitrogen and oxygen atoms in total. The number of hydrogen-bond acceptors (Lipinski definition) is 5. The van der Waals surface area contributed by atoms with E-state index in [1.54, 1.807) is 22.1 Å². The molecule has 0 spiro atoms. The molecule has 1 aliphatic heterocycles. The van der Waals surface area contributed by atoms with E-state index in [1.165, 1.54) is 0 Å². The van der Waals surface area contributed by atoms with Gasteiger partial charge in [0.1, 0.15) is 18.2 Å². The zero-order valence-corrected chi connectivity index (χ0v) is 17.3. The minimum atomic E-state index is -0.0645. The van der Waals surface area contributed by atoms with Crippen LogP contribution in [0.5, 0.6) is 5.75 Å². The standard InChI is InChI=1S/C23H20N4O2S/c1-3-12-29-16-10-8-15(9-11-16)17-13-20(28)25-22-21(17)14(2)26-27(22)23-24-18-6-4-5-7-19(18)30-23/h3-11,17H,1,12-13H2,2H3,(H,25,28)/t17-/m1/s1. The molecule has 0 aliphatic carbocycles. The first-order chi connectivity index (χ1) is 14.6. The molecule has 1 aliphatic rings. The Balaban J connectivity index is 1.57. The molecule has 2 aromatic carbocycles. The van der Waals surface area contributed by atoms with Gasteiger partial charge in [-0.05, 0) is 36.8 Å². The van der Waals surface area contributed by atoms with E-state index in [1.807, 2.05) is 55.5 Å². The smallest absolute Gasteiger partial charge is 0.226 e. The van der Waals surface area contributed by atoms with Crippen LogP contribution in [0, 0.1) is 6.92 Å². The van der Waals surface area contributed by atoms with Gasteiger partial charge < -0.3 is 10.1 Å². The van der Waals surface area contributed by atoms with Crippen molar-refractivity contribution < 1.29 is 9.53 Å². The number of ether oxygens (including phenoxy) is 1. The second-order valence-corrected chi connectivity index (χ2v) is 8.21. The van der Waals surface area contributed by atoms with Crippen LogP contribution in [-0.2, 0) is 4.79 Å². The van der Waals surface area contributed by atoms with E-state index in [0.717, 1.165) is 37.9 Å². The maximum atomic E-state index is 12.6. The number of amides is 1. The Bertz CT molecular complexity index is 1220. The second kappa shape index (κ2) is 7.42. The van der Waals surface area contributed by atoms with Gasteiger partial charge >= 0.3 is 0 Å². The quantitative estimate of drug-likeness (QED) is 0.473. The fourth-order valence-corrected chi connectivity index (χ4v) is 4.80. The molecular formula is C23H20N4O2S. The highest BCUT2D eigenvalue weighted by Gasteiger charge is 2.33. The summed E-state index contributed by atoms with van der Waals surface area (Å²) in [5.41, 5.74) is 3.91. The molecule has 5 rings (SSSR count). The third kappa shape index (κ3) is 3.17. The molecular weight excluding hydrogens is 396 g/mol. The number of hydrogen-bond donors (Lipinski definition) is 1. The van der Waals surface area contributed by atoms with E-state index < -0.39 is 0 Å². The average molecular weight is 417 g/mol. The molecule has 0 radical (unpaired) electrons. The predicted octanol–water partition coefficient (Wildman–Crippen LogP) is 4.83. The number of nitrogens with one attached hydrogen (secondary N) is 1. The highest BCUT2D eigenvalue weighted by molar-refractivity contribution is 7.20. The highest BCUT2D eigenvalue weighted by atomic mass is 32.1. The van der Waals surface area contributed by atoms with Crippen molar-refractivity contribution in [1.82, 2.24) is 14.8 Å².